The van der Waals surface area contributed by atoms with E-state index in [0.29, 0.717) is 10.9 Å². The van der Waals surface area contributed by atoms with Crippen molar-refractivity contribution in [3.63, 3.8) is 0 Å². The van der Waals surface area contributed by atoms with Gasteiger partial charge in [0, 0.05) is 0 Å². The van der Waals surface area contributed by atoms with Crippen LogP contribution >= 0.6 is 0 Å². The lowest BCUT2D eigenvalue weighted by molar-refractivity contribution is 0.0688. The molecule has 4 rings (SSSR count). The smallest absolute Gasteiger partial charge is 0.336 e. The Morgan fingerprint density at radius 2 is 1.11 bits per heavy atom. The molecule has 0 aromatic heterocycles. The Balaban J connectivity index is 0.000000156. The number of phenols is 1. The molecule has 0 bridgehead atoms. The molecule has 0 amide bonds. The molecule has 0 heterocycles. The van der Waals surface area contributed by atoms with Crippen LogP contribution in [0.3, 0.4) is 0 Å². The van der Waals surface area contributed by atoms with E-state index in [-0.39, 0.29) is 11.3 Å². The van der Waals surface area contributed by atoms with Crippen molar-refractivity contribution in [2.75, 3.05) is 0 Å². The zero-order chi connectivity index (χ0) is 19.4. The van der Waals surface area contributed by atoms with Crippen LogP contribution in [0.1, 0.15) is 20.7 Å². The summed E-state index contributed by atoms with van der Waals surface area (Å²) >= 11 is 0. The maximum Gasteiger partial charge on any atom is 0.336 e. The molecule has 0 saturated carbocycles. The van der Waals surface area contributed by atoms with Crippen molar-refractivity contribution in [1.29, 1.82) is 0 Å². The summed E-state index contributed by atoms with van der Waals surface area (Å²) in [5, 5.41) is 30.1. The quantitative estimate of drug-likeness (QED) is 0.478. The number of carbonyl (C=O) groups is 2. The Kier molecular flexibility index (Phi) is 5.04. The zero-order valence-corrected chi connectivity index (χ0v) is 14.2. The van der Waals surface area contributed by atoms with Crippen LogP contribution in [-0.4, -0.2) is 27.3 Å². The standard InChI is InChI=1S/C11H8O3.C11H8O2/c12-8-4-5-9-7(6-8)2-1-3-10(9)11(13)14;12-11(13)10-7-3-5-8-4-1-2-6-9(8)10/h1-6,12H,(H,13,14);1-7H,(H,12,13). The Morgan fingerprint density at radius 1 is 0.593 bits per heavy atom. The number of hydrogen-bond donors (Lipinski definition) is 3. The van der Waals surface area contributed by atoms with E-state index >= 15 is 0 Å². The van der Waals surface area contributed by atoms with Gasteiger partial charge in [-0.25, -0.2) is 9.59 Å². The normalized spacial score (nSPS) is 10.2. The minimum atomic E-state index is -0.957. The average molecular weight is 360 g/mol. The fraction of sp³-hybridized carbons (Fsp3) is 0. The molecule has 4 aromatic carbocycles. The van der Waals surface area contributed by atoms with Gasteiger partial charge >= 0.3 is 11.9 Å². The summed E-state index contributed by atoms with van der Waals surface area (Å²) in [4.78, 5) is 21.7. The Bertz CT molecular complexity index is 1140. The molecule has 4 aromatic rings. The van der Waals surface area contributed by atoms with E-state index in [1.165, 1.54) is 6.07 Å². The number of fused-ring (bicyclic) bond motifs is 2. The third-order valence-electron chi connectivity index (χ3n) is 4.11. The first kappa shape index (κ1) is 17.9. The monoisotopic (exact) mass is 360 g/mol. The minimum absolute atomic E-state index is 0.139. The van der Waals surface area contributed by atoms with Crippen molar-refractivity contribution in [1.82, 2.24) is 0 Å². The number of benzene rings is 4. The highest BCUT2D eigenvalue weighted by atomic mass is 16.4. The molecular weight excluding hydrogens is 344 g/mol. The molecule has 0 fully saturated rings. The summed E-state index contributed by atoms with van der Waals surface area (Å²) in [5.74, 6) is -1.70. The first-order chi connectivity index (χ1) is 13.0. The van der Waals surface area contributed by atoms with Crippen molar-refractivity contribution < 1.29 is 24.9 Å². The Labute approximate surface area is 154 Å². The molecule has 0 spiro atoms. The van der Waals surface area contributed by atoms with Gasteiger partial charge in [-0.05, 0) is 51.9 Å². The van der Waals surface area contributed by atoms with Gasteiger partial charge in [0.1, 0.15) is 5.75 Å². The van der Waals surface area contributed by atoms with Gasteiger partial charge in [-0.15, -0.1) is 0 Å². The SMILES string of the molecule is O=C(O)c1cccc2cc(O)ccc12.O=C(O)c1cccc2ccccc12. The molecule has 3 N–H and O–H groups in total. The van der Waals surface area contributed by atoms with E-state index in [4.69, 9.17) is 10.2 Å². The highest BCUT2D eigenvalue weighted by Gasteiger charge is 2.07. The van der Waals surface area contributed by atoms with Crippen molar-refractivity contribution in [3.8, 4) is 5.75 Å². The van der Waals surface area contributed by atoms with Crippen molar-refractivity contribution in [2.24, 2.45) is 0 Å². The maximum absolute atomic E-state index is 10.8. The largest absolute Gasteiger partial charge is 0.508 e. The van der Waals surface area contributed by atoms with Crippen molar-refractivity contribution in [3.05, 3.63) is 90.0 Å². The number of rotatable bonds is 2. The van der Waals surface area contributed by atoms with Gasteiger partial charge in [-0.3, -0.25) is 0 Å². The van der Waals surface area contributed by atoms with E-state index in [1.807, 2.05) is 30.3 Å². The number of aromatic carboxylic acids is 2. The number of carboxylic acids is 2. The molecule has 5 heteroatoms. The second-order valence-corrected chi connectivity index (χ2v) is 5.85. The third kappa shape index (κ3) is 3.88. The first-order valence-corrected chi connectivity index (χ1v) is 8.13. The van der Waals surface area contributed by atoms with Gasteiger partial charge in [0.15, 0.2) is 0 Å². The predicted octanol–water partition coefficient (Wildman–Crippen LogP) is 4.78. The molecule has 5 nitrogen and oxygen atoms in total. The summed E-state index contributed by atoms with van der Waals surface area (Å²) in [7, 11) is 0. The minimum Gasteiger partial charge on any atom is -0.508 e. The molecule has 0 radical (unpaired) electrons. The van der Waals surface area contributed by atoms with Crippen LogP contribution in [0.5, 0.6) is 5.75 Å². The van der Waals surface area contributed by atoms with Crippen LogP contribution in [-0.2, 0) is 0 Å². The van der Waals surface area contributed by atoms with E-state index in [9.17, 15) is 14.7 Å². The second kappa shape index (κ2) is 7.58. The molecule has 0 unspecified atom stereocenters. The zero-order valence-electron chi connectivity index (χ0n) is 14.2. The number of carboxylic acid groups (broad SMARTS) is 2. The van der Waals surface area contributed by atoms with Crippen LogP contribution in [0, 0.1) is 0 Å². The molecule has 134 valence electrons. The van der Waals surface area contributed by atoms with E-state index in [0.717, 1.165) is 16.2 Å². The summed E-state index contributed by atoms with van der Waals surface area (Å²) < 4.78 is 0. The van der Waals surface area contributed by atoms with Crippen LogP contribution in [0.4, 0.5) is 0 Å². The summed E-state index contributed by atoms with van der Waals surface area (Å²) in [5.41, 5.74) is 0.612. The lowest BCUT2D eigenvalue weighted by atomic mass is 10.0. The third-order valence-corrected chi connectivity index (χ3v) is 4.11. The first-order valence-electron chi connectivity index (χ1n) is 8.13. The maximum atomic E-state index is 10.8. The number of phenolic OH excluding ortho intramolecular Hbond substituents is 1. The summed E-state index contributed by atoms with van der Waals surface area (Å²) in [6.45, 7) is 0. The molecule has 0 aliphatic carbocycles. The van der Waals surface area contributed by atoms with E-state index in [2.05, 4.69) is 0 Å². The molecule has 0 atom stereocenters. The highest BCUT2D eigenvalue weighted by Crippen LogP contribution is 2.23. The van der Waals surface area contributed by atoms with Gasteiger partial charge in [-0.2, -0.15) is 0 Å². The Hall–Kier alpha value is -3.86. The number of hydrogen-bond acceptors (Lipinski definition) is 3. The Morgan fingerprint density at radius 3 is 1.74 bits per heavy atom. The van der Waals surface area contributed by atoms with Gasteiger partial charge < -0.3 is 15.3 Å². The predicted molar refractivity (Wildman–Crippen MR) is 103 cm³/mol. The average Bonchev–Trinajstić information content (AvgIpc) is 2.67. The van der Waals surface area contributed by atoms with Crippen molar-refractivity contribution >= 4 is 33.5 Å². The molecule has 0 aliphatic heterocycles. The van der Waals surface area contributed by atoms with Gasteiger partial charge in [0.25, 0.3) is 0 Å². The number of aromatic hydroxyl groups is 1. The molecule has 0 aliphatic rings. The topological polar surface area (TPSA) is 94.8 Å². The summed E-state index contributed by atoms with van der Waals surface area (Å²) in [6.07, 6.45) is 0. The van der Waals surface area contributed by atoms with Crippen molar-refractivity contribution in [2.45, 2.75) is 0 Å². The fourth-order valence-electron chi connectivity index (χ4n) is 2.87. The molecular formula is C22H16O5. The van der Waals surface area contributed by atoms with Gasteiger partial charge in [0.05, 0.1) is 11.1 Å². The fourth-order valence-corrected chi connectivity index (χ4v) is 2.87. The van der Waals surface area contributed by atoms with Crippen LogP contribution in [0.2, 0.25) is 0 Å². The van der Waals surface area contributed by atoms with Gasteiger partial charge in [-0.1, -0.05) is 48.5 Å². The van der Waals surface area contributed by atoms with Gasteiger partial charge in [0.2, 0.25) is 0 Å². The van der Waals surface area contributed by atoms with Crippen LogP contribution in [0.15, 0.2) is 78.9 Å². The van der Waals surface area contributed by atoms with E-state index < -0.39 is 11.9 Å². The van der Waals surface area contributed by atoms with Crippen LogP contribution in [0.25, 0.3) is 21.5 Å². The lowest BCUT2D eigenvalue weighted by Crippen LogP contribution is -1.96. The van der Waals surface area contributed by atoms with E-state index in [1.54, 1.807) is 42.5 Å². The lowest BCUT2D eigenvalue weighted by Gasteiger charge is -2.02. The highest BCUT2D eigenvalue weighted by molar-refractivity contribution is 6.04. The van der Waals surface area contributed by atoms with Crippen LogP contribution < -0.4 is 0 Å². The molecule has 0 saturated heterocycles. The molecule has 27 heavy (non-hydrogen) atoms. The summed E-state index contributed by atoms with van der Waals surface area (Å²) in [6, 6.07) is 22.3. The second-order valence-electron chi connectivity index (χ2n) is 5.85.